The number of hydrogen-bond donors (Lipinski definition) is 0. The zero-order valence-corrected chi connectivity index (χ0v) is 12.2. The Morgan fingerprint density at radius 3 is 2.10 bits per heavy atom. The Balaban J connectivity index is 2.56. The van der Waals surface area contributed by atoms with Crippen LogP contribution in [-0.2, 0) is 29.2 Å². The summed E-state index contributed by atoms with van der Waals surface area (Å²) in [5, 5.41) is -5.13. The molecule has 0 spiro atoms. The molecule has 1 aliphatic rings. The van der Waals surface area contributed by atoms with Gasteiger partial charge in [0.2, 0.25) is 0 Å². The van der Waals surface area contributed by atoms with Gasteiger partial charge in [-0.2, -0.15) is 8.78 Å². The van der Waals surface area contributed by atoms with E-state index in [-0.39, 0.29) is 18.8 Å². The summed E-state index contributed by atoms with van der Waals surface area (Å²) in [4.78, 5) is 22.4. The molecule has 2 atom stereocenters. The molecular weight excluding hydrogens is 314 g/mol. The van der Waals surface area contributed by atoms with E-state index in [9.17, 15) is 31.3 Å². The van der Waals surface area contributed by atoms with E-state index in [0.29, 0.717) is 6.42 Å². The zero-order chi connectivity index (χ0) is 16.4. The van der Waals surface area contributed by atoms with Crippen molar-refractivity contribution in [3.8, 4) is 0 Å². The maximum atomic E-state index is 12.9. The van der Waals surface area contributed by atoms with Gasteiger partial charge in [-0.15, -0.1) is 0 Å². The number of ether oxygens (including phenoxy) is 2. The van der Waals surface area contributed by atoms with E-state index >= 15 is 0 Å². The van der Waals surface area contributed by atoms with Crippen molar-refractivity contribution in [1.29, 1.82) is 0 Å². The predicted octanol–water partition coefficient (Wildman–Crippen LogP) is 0.788. The van der Waals surface area contributed by atoms with Crippen molar-refractivity contribution in [1.82, 2.24) is 0 Å². The summed E-state index contributed by atoms with van der Waals surface area (Å²) in [6.45, 7) is 3.24. The largest absolute Gasteiger partial charge is 0.743 e. The standard InChI is InChI=1S/C11H16F2O7S/c1-6(2)9(14)19-7-3-4-8(5-7)20-10(15)11(12,13)21(16,17)18/h6-8H,3-5H2,1-2H3,(H,16,17,18)/p-1. The highest BCUT2D eigenvalue weighted by Gasteiger charge is 2.50. The van der Waals surface area contributed by atoms with Gasteiger partial charge < -0.3 is 14.0 Å². The average molecular weight is 329 g/mol. The molecule has 1 saturated carbocycles. The van der Waals surface area contributed by atoms with Gasteiger partial charge in [0.1, 0.15) is 12.2 Å². The van der Waals surface area contributed by atoms with E-state index in [4.69, 9.17) is 4.74 Å². The maximum Gasteiger partial charge on any atom is 0.428 e. The van der Waals surface area contributed by atoms with Crippen LogP contribution in [0.15, 0.2) is 0 Å². The smallest absolute Gasteiger partial charge is 0.428 e. The third-order valence-corrected chi connectivity index (χ3v) is 3.71. The van der Waals surface area contributed by atoms with Gasteiger partial charge in [-0.1, -0.05) is 13.8 Å². The number of esters is 2. The second kappa shape index (κ2) is 6.22. The fourth-order valence-electron chi connectivity index (χ4n) is 1.74. The Morgan fingerprint density at radius 2 is 1.67 bits per heavy atom. The Kier molecular flexibility index (Phi) is 5.26. The summed E-state index contributed by atoms with van der Waals surface area (Å²) in [5.74, 6) is -3.24. The lowest BCUT2D eigenvalue weighted by Gasteiger charge is -2.20. The Labute approximate surface area is 120 Å². The molecule has 7 nitrogen and oxygen atoms in total. The van der Waals surface area contributed by atoms with Crippen molar-refractivity contribution in [2.24, 2.45) is 5.92 Å². The Morgan fingerprint density at radius 1 is 1.19 bits per heavy atom. The molecule has 0 N–H and O–H groups in total. The monoisotopic (exact) mass is 329 g/mol. The number of halogens is 2. The van der Waals surface area contributed by atoms with Gasteiger partial charge in [0.05, 0.1) is 5.92 Å². The van der Waals surface area contributed by atoms with Gasteiger partial charge in [0.25, 0.3) is 0 Å². The second-order valence-electron chi connectivity index (χ2n) is 5.02. The number of carbonyl (C=O) groups is 2. The normalized spacial score (nSPS) is 23.1. The molecule has 21 heavy (non-hydrogen) atoms. The first kappa shape index (κ1) is 17.8. The maximum absolute atomic E-state index is 12.9. The summed E-state index contributed by atoms with van der Waals surface area (Å²) in [6.07, 6.45) is -1.19. The summed E-state index contributed by atoms with van der Waals surface area (Å²) < 4.78 is 66.0. The fraction of sp³-hybridized carbons (Fsp3) is 0.818. The number of rotatable bonds is 5. The molecule has 122 valence electrons. The molecule has 0 bridgehead atoms. The van der Waals surface area contributed by atoms with E-state index in [1.54, 1.807) is 13.8 Å². The van der Waals surface area contributed by atoms with Crippen LogP contribution in [-0.4, -0.2) is 42.4 Å². The van der Waals surface area contributed by atoms with Gasteiger partial charge in [-0.3, -0.25) is 4.79 Å². The van der Waals surface area contributed by atoms with Crippen molar-refractivity contribution in [2.75, 3.05) is 0 Å². The van der Waals surface area contributed by atoms with E-state index in [0.717, 1.165) is 0 Å². The molecule has 0 amide bonds. The molecule has 2 unspecified atom stereocenters. The van der Waals surface area contributed by atoms with Crippen LogP contribution >= 0.6 is 0 Å². The summed E-state index contributed by atoms with van der Waals surface area (Å²) in [7, 11) is -6.13. The van der Waals surface area contributed by atoms with Crippen molar-refractivity contribution < 1.29 is 40.8 Å². The molecule has 0 aromatic heterocycles. The van der Waals surface area contributed by atoms with E-state index in [1.807, 2.05) is 0 Å². The fourth-order valence-corrected chi connectivity index (χ4v) is 1.99. The summed E-state index contributed by atoms with van der Waals surface area (Å²) in [5.41, 5.74) is 0. The van der Waals surface area contributed by atoms with E-state index < -0.39 is 39.5 Å². The van der Waals surface area contributed by atoms with Gasteiger partial charge >= 0.3 is 17.2 Å². The molecule has 0 radical (unpaired) electrons. The van der Waals surface area contributed by atoms with Crippen molar-refractivity contribution in [3.63, 3.8) is 0 Å². The predicted molar refractivity (Wildman–Crippen MR) is 63.1 cm³/mol. The first-order valence-electron chi connectivity index (χ1n) is 6.20. The van der Waals surface area contributed by atoms with Gasteiger partial charge in [-0.25, -0.2) is 13.2 Å². The molecule has 0 aromatic carbocycles. The Bertz CT molecular complexity index is 515. The van der Waals surface area contributed by atoms with Crippen molar-refractivity contribution >= 4 is 22.1 Å². The lowest BCUT2D eigenvalue weighted by molar-refractivity contribution is -0.167. The Hall–Kier alpha value is -1.29. The van der Waals surface area contributed by atoms with Crippen molar-refractivity contribution in [3.05, 3.63) is 0 Å². The highest BCUT2D eigenvalue weighted by molar-refractivity contribution is 7.87. The van der Waals surface area contributed by atoms with Crippen molar-refractivity contribution in [2.45, 2.75) is 50.6 Å². The average Bonchev–Trinajstić information content (AvgIpc) is 2.74. The first-order chi connectivity index (χ1) is 9.45. The lowest BCUT2D eigenvalue weighted by Crippen LogP contribution is -2.40. The minimum atomic E-state index is -6.13. The van der Waals surface area contributed by atoms with Crippen LogP contribution in [0, 0.1) is 5.92 Å². The number of hydrogen-bond acceptors (Lipinski definition) is 7. The van der Waals surface area contributed by atoms with Crippen LogP contribution in [0.2, 0.25) is 0 Å². The minimum Gasteiger partial charge on any atom is -0.743 e. The lowest BCUT2D eigenvalue weighted by atomic mass is 10.2. The van der Waals surface area contributed by atoms with Crippen LogP contribution in [0.25, 0.3) is 0 Å². The molecule has 0 aromatic rings. The SMILES string of the molecule is CC(C)C(=O)OC1CCC(OC(=O)C(F)(F)S(=O)(=O)[O-])C1. The van der Waals surface area contributed by atoms with Crippen LogP contribution in [0.1, 0.15) is 33.1 Å². The number of carbonyl (C=O) groups excluding carboxylic acids is 2. The topological polar surface area (TPSA) is 110 Å². The van der Waals surface area contributed by atoms with E-state index in [2.05, 4.69) is 4.74 Å². The quantitative estimate of drug-likeness (QED) is 0.541. The van der Waals surface area contributed by atoms with E-state index in [1.165, 1.54) is 0 Å². The van der Waals surface area contributed by atoms with Gasteiger partial charge in [0.15, 0.2) is 10.1 Å². The molecule has 0 saturated heterocycles. The third-order valence-electron chi connectivity index (χ3n) is 2.92. The first-order valence-corrected chi connectivity index (χ1v) is 7.60. The van der Waals surface area contributed by atoms with Crippen LogP contribution in [0.5, 0.6) is 0 Å². The zero-order valence-electron chi connectivity index (χ0n) is 11.4. The van der Waals surface area contributed by atoms with Crippen LogP contribution < -0.4 is 0 Å². The highest BCUT2D eigenvalue weighted by Crippen LogP contribution is 2.29. The number of alkyl halides is 2. The molecular formula is C11H15F2O7S-. The molecule has 1 aliphatic carbocycles. The molecule has 0 aliphatic heterocycles. The molecule has 10 heteroatoms. The molecule has 0 heterocycles. The third kappa shape index (κ3) is 4.34. The van der Waals surface area contributed by atoms with Crippen LogP contribution in [0.4, 0.5) is 8.78 Å². The second-order valence-corrected chi connectivity index (χ2v) is 6.45. The summed E-state index contributed by atoms with van der Waals surface area (Å²) >= 11 is 0. The summed E-state index contributed by atoms with van der Waals surface area (Å²) in [6, 6.07) is 0. The highest BCUT2D eigenvalue weighted by atomic mass is 32.2. The van der Waals surface area contributed by atoms with Gasteiger partial charge in [-0.05, 0) is 12.8 Å². The van der Waals surface area contributed by atoms with Gasteiger partial charge in [0, 0.05) is 6.42 Å². The van der Waals surface area contributed by atoms with Crippen LogP contribution in [0.3, 0.4) is 0 Å². The molecule has 1 rings (SSSR count). The minimum absolute atomic E-state index is 0.0147. The molecule has 1 fully saturated rings.